The van der Waals surface area contributed by atoms with Gasteiger partial charge in [0, 0.05) is 11.2 Å². The van der Waals surface area contributed by atoms with Crippen molar-refractivity contribution in [3.05, 3.63) is 88.3 Å². The van der Waals surface area contributed by atoms with Crippen molar-refractivity contribution in [1.29, 1.82) is 0 Å². The van der Waals surface area contributed by atoms with Crippen LogP contribution in [-0.2, 0) is 11.3 Å². The second kappa shape index (κ2) is 8.84. The second-order valence-electron chi connectivity index (χ2n) is 5.62. The fraction of sp³-hybridized carbons (Fsp3) is 0.100. The van der Waals surface area contributed by atoms with Crippen molar-refractivity contribution in [2.24, 2.45) is 0 Å². The molecular formula is C20H15Cl2FN2O2. The van der Waals surface area contributed by atoms with E-state index in [0.717, 1.165) is 0 Å². The van der Waals surface area contributed by atoms with Gasteiger partial charge in [0.2, 0.25) is 0 Å². The van der Waals surface area contributed by atoms with Crippen LogP contribution in [0, 0.1) is 5.82 Å². The zero-order valence-electron chi connectivity index (χ0n) is 14.1. The van der Waals surface area contributed by atoms with E-state index in [9.17, 15) is 9.18 Å². The predicted molar refractivity (Wildman–Crippen MR) is 104 cm³/mol. The van der Waals surface area contributed by atoms with Crippen LogP contribution < -0.4 is 9.64 Å². The summed E-state index contributed by atoms with van der Waals surface area (Å²) in [6.07, 6.45) is 1.58. The van der Waals surface area contributed by atoms with Crippen LogP contribution in [0.1, 0.15) is 5.56 Å². The maximum Gasteiger partial charge on any atom is 0.266 e. The highest BCUT2D eigenvalue weighted by atomic mass is 35.5. The number of rotatable bonds is 6. The summed E-state index contributed by atoms with van der Waals surface area (Å²) in [7, 11) is 0. The first-order valence-electron chi connectivity index (χ1n) is 8.07. The van der Waals surface area contributed by atoms with Crippen LogP contribution in [-0.4, -0.2) is 17.5 Å². The quantitative estimate of drug-likeness (QED) is 0.571. The van der Waals surface area contributed by atoms with Gasteiger partial charge in [-0.1, -0.05) is 47.5 Å². The zero-order valence-corrected chi connectivity index (χ0v) is 15.6. The molecule has 1 aromatic heterocycles. The van der Waals surface area contributed by atoms with Gasteiger partial charge in [0.25, 0.3) is 5.91 Å². The highest BCUT2D eigenvalue weighted by molar-refractivity contribution is 6.32. The number of anilines is 1. The molecule has 0 saturated carbocycles. The van der Waals surface area contributed by atoms with Gasteiger partial charge in [-0.05, 0) is 42.0 Å². The Labute approximate surface area is 166 Å². The maximum atomic E-state index is 13.3. The minimum Gasteiger partial charge on any atom is -0.482 e. The van der Waals surface area contributed by atoms with Crippen molar-refractivity contribution in [2.75, 3.05) is 11.5 Å². The van der Waals surface area contributed by atoms with E-state index in [1.807, 2.05) is 0 Å². The second-order valence-corrected chi connectivity index (χ2v) is 6.44. The van der Waals surface area contributed by atoms with Crippen LogP contribution in [0.2, 0.25) is 10.0 Å². The van der Waals surface area contributed by atoms with Gasteiger partial charge in [-0.3, -0.25) is 9.69 Å². The molecule has 0 aliphatic rings. The number of amides is 1. The Morgan fingerprint density at radius 3 is 2.52 bits per heavy atom. The summed E-state index contributed by atoms with van der Waals surface area (Å²) in [5.41, 5.74) is 0.592. The summed E-state index contributed by atoms with van der Waals surface area (Å²) < 4.78 is 18.8. The number of aromatic nitrogens is 1. The molecule has 0 bridgehead atoms. The topological polar surface area (TPSA) is 42.4 Å². The lowest BCUT2D eigenvalue weighted by molar-refractivity contribution is -0.120. The third-order valence-corrected chi connectivity index (χ3v) is 4.42. The number of nitrogens with zero attached hydrogens (tertiary/aromatic N) is 2. The van der Waals surface area contributed by atoms with E-state index >= 15 is 0 Å². The van der Waals surface area contributed by atoms with Crippen molar-refractivity contribution < 1.29 is 13.9 Å². The van der Waals surface area contributed by atoms with Crippen LogP contribution in [0.4, 0.5) is 10.2 Å². The molecule has 0 aliphatic heterocycles. The van der Waals surface area contributed by atoms with Gasteiger partial charge in [-0.2, -0.15) is 0 Å². The minimum absolute atomic E-state index is 0.126. The predicted octanol–water partition coefficient (Wildman–Crippen LogP) is 5.14. The lowest BCUT2D eigenvalue weighted by atomic mass is 10.2. The van der Waals surface area contributed by atoms with Crippen LogP contribution in [0.3, 0.4) is 0 Å². The molecule has 1 heterocycles. The molecule has 1 amide bonds. The molecule has 4 nitrogen and oxygen atoms in total. The van der Waals surface area contributed by atoms with Gasteiger partial charge in [0.1, 0.15) is 17.4 Å². The van der Waals surface area contributed by atoms with E-state index in [1.165, 1.54) is 23.1 Å². The Morgan fingerprint density at radius 2 is 1.81 bits per heavy atom. The molecule has 0 fully saturated rings. The number of ether oxygens (including phenoxy) is 1. The molecule has 3 rings (SSSR count). The fourth-order valence-electron chi connectivity index (χ4n) is 2.41. The molecule has 0 saturated heterocycles. The van der Waals surface area contributed by atoms with Gasteiger partial charge in [-0.15, -0.1) is 0 Å². The first-order valence-corrected chi connectivity index (χ1v) is 8.83. The largest absolute Gasteiger partial charge is 0.482 e. The number of benzene rings is 2. The summed E-state index contributed by atoms with van der Waals surface area (Å²) in [6.45, 7) is -0.111. The van der Waals surface area contributed by atoms with Crippen LogP contribution in [0.5, 0.6) is 5.75 Å². The van der Waals surface area contributed by atoms with Crippen LogP contribution >= 0.6 is 23.2 Å². The molecule has 0 unspecified atom stereocenters. The number of pyridine rings is 1. The smallest absolute Gasteiger partial charge is 0.266 e. The van der Waals surface area contributed by atoms with Crippen LogP contribution in [0.25, 0.3) is 0 Å². The van der Waals surface area contributed by atoms with Gasteiger partial charge in [0.15, 0.2) is 6.61 Å². The summed E-state index contributed by atoms with van der Waals surface area (Å²) in [5.74, 6) is 0.0643. The van der Waals surface area contributed by atoms with E-state index in [1.54, 1.807) is 48.7 Å². The maximum absolute atomic E-state index is 13.3. The van der Waals surface area contributed by atoms with Crippen molar-refractivity contribution in [2.45, 2.75) is 6.54 Å². The average molecular weight is 405 g/mol. The SMILES string of the molecule is O=C(COc1ccccc1Cl)N(Cc1ccc(F)cc1Cl)c1ccccn1. The number of halogens is 3. The van der Waals surface area contributed by atoms with Crippen molar-refractivity contribution in [1.82, 2.24) is 4.98 Å². The summed E-state index contributed by atoms with van der Waals surface area (Å²) in [4.78, 5) is 18.5. The summed E-state index contributed by atoms with van der Waals surface area (Å²) >= 11 is 12.2. The first-order chi connectivity index (χ1) is 13.0. The van der Waals surface area contributed by atoms with Crippen LogP contribution in [0.15, 0.2) is 66.9 Å². The first kappa shape index (κ1) is 19.1. The van der Waals surface area contributed by atoms with E-state index < -0.39 is 5.82 Å². The summed E-state index contributed by atoms with van der Waals surface area (Å²) in [5, 5.41) is 0.645. The molecule has 138 valence electrons. The third-order valence-electron chi connectivity index (χ3n) is 3.76. The van der Waals surface area contributed by atoms with E-state index in [2.05, 4.69) is 4.98 Å². The Hall–Kier alpha value is -2.63. The minimum atomic E-state index is -0.443. The lowest BCUT2D eigenvalue weighted by Crippen LogP contribution is -2.35. The fourth-order valence-corrected chi connectivity index (χ4v) is 2.83. The van der Waals surface area contributed by atoms with Crippen molar-refractivity contribution in [3.63, 3.8) is 0 Å². The van der Waals surface area contributed by atoms with Crippen molar-refractivity contribution >= 4 is 34.9 Å². The Bertz CT molecular complexity index is 938. The number of carbonyl (C=O) groups excluding carboxylic acids is 1. The van der Waals surface area contributed by atoms with Gasteiger partial charge >= 0.3 is 0 Å². The van der Waals surface area contributed by atoms with E-state index in [4.69, 9.17) is 27.9 Å². The van der Waals surface area contributed by atoms with Gasteiger partial charge < -0.3 is 4.74 Å². The number of hydrogen-bond acceptors (Lipinski definition) is 3. The normalized spacial score (nSPS) is 10.5. The molecule has 0 spiro atoms. The monoisotopic (exact) mass is 404 g/mol. The summed E-state index contributed by atoms with van der Waals surface area (Å²) in [6, 6.07) is 16.1. The average Bonchev–Trinajstić information content (AvgIpc) is 2.67. The Morgan fingerprint density at radius 1 is 1.04 bits per heavy atom. The molecule has 0 radical (unpaired) electrons. The van der Waals surface area contributed by atoms with Gasteiger partial charge in [0.05, 0.1) is 11.6 Å². The van der Waals surface area contributed by atoms with E-state index in [0.29, 0.717) is 22.2 Å². The molecule has 0 N–H and O–H groups in total. The highest BCUT2D eigenvalue weighted by Gasteiger charge is 2.20. The zero-order chi connectivity index (χ0) is 19.2. The number of para-hydroxylation sites is 1. The Kier molecular flexibility index (Phi) is 6.27. The Balaban J connectivity index is 1.81. The molecule has 7 heteroatoms. The molecule has 27 heavy (non-hydrogen) atoms. The van der Waals surface area contributed by atoms with Crippen molar-refractivity contribution in [3.8, 4) is 5.75 Å². The molecular weight excluding hydrogens is 390 g/mol. The molecule has 0 atom stereocenters. The molecule has 3 aromatic rings. The van der Waals surface area contributed by atoms with E-state index in [-0.39, 0.29) is 24.1 Å². The molecule has 0 aliphatic carbocycles. The highest BCUT2D eigenvalue weighted by Crippen LogP contribution is 2.24. The lowest BCUT2D eigenvalue weighted by Gasteiger charge is -2.22. The number of carbonyl (C=O) groups is 1. The van der Waals surface area contributed by atoms with Gasteiger partial charge in [-0.25, -0.2) is 9.37 Å². The number of hydrogen-bond donors (Lipinski definition) is 0. The molecule has 2 aromatic carbocycles. The standard InChI is InChI=1S/C20H15Cl2FN2O2/c21-16-5-1-2-6-18(16)27-13-20(26)25(19-7-3-4-10-24-19)12-14-8-9-15(23)11-17(14)22/h1-11H,12-13H2. The third kappa shape index (κ3) is 4.96.